The monoisotopic (exact) mass is 380 g/mol. The second-order valence-corrected chi connectivity index (χ2v) is 6.49. The number of unbranched alkanes of at least 4 members (excludes halogenated alkanes) is 2. The molecular formula is C16H17BrN2O2S. The first-order valence-electron chi connectivity index (χ1n) is 7.11. The molecule has 1 amide bonds. The van der Waals surface area contributed by atoms with Gasteiger partial charge in [0.2, 0.25) is 11.7 Å². The molecule has 0 spiro atoms. The number of pyridine rings is 1. The first-order chi connectivity index (χ1) is 10.7. The molecule has 0 aliphatic carbocycles. The second-order valence-electron chi connectivity index (χ2n) is 4.75. The van der Waals surface area contributed by atoms with E-state index in [0.29, 0.717) is 22.7 Å². The Morgan fingerprint density at radius 1 is 1.18 bits per heavy atom. The molecule has 0 aromatic carbocycles. The lowest BCUT2D eigenvalue weighted by Crippen LogP contribution is -2.15. The quantitative estimate of drug-likeness (QED) is 0.422. The average molecular weight is 381 g/mol. The van der Waals surface area contributed by atoms with Gasteiger partial charge in [-0.15, -0.1) is 11.3 Å². The number of carbonyl (C=O) groups excluding carboxylic acids is 2. The van der Waals surface area contributed by atoms with Gasteiger partial charge in [-0.1, -0.05) is 28.4 Å². The zero-order valence-electron chi connectivity index (χ0n) is 12.0. The summed E-state index contributed by atoms with van der Waals surface area (Å²) in [5.41, 5.74) is 0.429. The van der Waals surface area contributed by atoms with Gasteiger partial charge >= 0.3 is 0 Å². The minimum Gasteiger partial charge on any atom is -0.310 e. The average Bonchev–Trinajstić information content (AvgIpc) is 3.06. The number of amides is 1. The van der Waals surface area contributed by atoms with Crippen molar-refractivity contribution in [2.45, 2.75) is 25.7 Å². The zero-order valence-corrected chi connectivity index (χ0v) is 14.5. The summed E-state index contributed by atoms with van der Waals surface area (Å²) < 4.78 is 0. The number of nitrogens with one attached hydrogen (secondary N) is 1. The fraction of sp³-hybridized carbons (Fsp3) is 0.312. The summed E-state index contributed by atoms with van der Waals surface area (Å²) >= 11 is 4.75. The van der Waals surface area contributed by atoms with Gasteiger partial charge in [0.25, 0.3) is 0 Å². The van der Waals surface area contributed by atoms with Crippen molar-refractivity contribution in [1.82, 2.24) is 4.98 Å². The lowest BCUT2D eigenvalue weighted by Gasteiger charge is -2.08. The number of halogens is 1. The van der Waals surface area contributed by atoms with Gasteiger partial charge in [0.05, 0.1) is 10.4 Å². The summed E-state index contributed by atoms with van der Waals surface area (Å²) in [6.45, 7) is 0. The van der Waals surface area contributed by atoms with Crippen LogP contribution in [0.15, 0.2) is 35.8 Å². The highest BCUT2D eigenvalue weighted by Crippen LogP contribution is 2.20. The first-order valence-corrected chi connectivity index (χ1v) is 9.11. The van der Waals surface area contributed by atoms with Gasteiger partial charge in [-0.3, -0.25) is 9.59 Å². The summed E-state index contributed by atoms with van der Waals surface area (Å²) in [6, 6.07) is 6.99. The second kappa shape index (κ2) is 8.80. The minimum absolute atomic E-state index is 0.103. The largest absolute Gasteiger partial charge is 0.310 e. The van der Waals surface area contributed by atoms with Crippen LogP contribution in [0.25, 0.3) is 0 Å². The lowest BCUT2D eigenvalue weighted by atomic mass is 10.1. The third-order valence-electron chi connectivity index (χ3n) is 3.09. The Hall–Kier alpha value is -1.53. The van der Waals surface area contributed by atoms with Crippen LogP contribution in [0.3, 0.4) is 0 Å². The van der Waals surface area contributed by atoms with Gasteiger partial charge < -0.3 is 5.32 Å². The Morgan fingerprint density at radius 2 is 2.05 bits per heavy atom. The van der Waals surface area contributed by atoms with Gasteiger partial charge in [-0.05, 0) is 36.4 Å². The van der Waals surface area contributed by atoms with Gasteiger partial charge in [0, 0.05) is 17.9 Å². The Bertz CT molecular complexity index is 629. The fourth-order valence-electron chi connectivity index (χ4n) is 1.98. The molecule has 1 N–H and O–H groups in total. The summed E-state index contributed by atoms with van der Waals surface area (Å²) in [5.74, 6) is 0.123. The van der Waals surface area contributed by atoms with E-state index in [9.17, 15) is 9.59 Å². The van der Waals surface area contributed by atoms with E-state index < -0.39 is 0 Å². The van der Waals surface area contributed by atoms with Crippen LogP contribution >= 0.6 is 27.3 Å². The first kappa shape index (κ1) is 16.8. The van der Waals surface area contributed by atoms with Crippen LogP contribution in [0.1, 0.15) is 40.9 Å². The molecule has 0 aliphatic rings. The SMILES string of the molecule is O=C(CCCCCBr)Nc1ncccc1C(=O)c1cccs1. The summed E-state index contributed by atoms with van der Waals surface area (Å²) in [7, 11) is 0. The van der Waals surface area contributed by atoms with Crippen LogP contribution < -0.4 is 5.32 Å². The molecule has 2 rings (SSSR count). The van der Waals surface area contributed by atoms with Crippen LogP contribution in [-0.4, -0.2) is 22.0 Å². The van der Waals surface area contributed by atoms with Crippen LogP contribution in [0.5, 0.6) is 0 Å². The molecule has 2 aromatic heterocycles. The fourth-order valence-corrected chi connectivity index (χ4v) is 3.05. The Balaban J connectivity index is 2.02. The highest BCUT2D eigenvalue weighted by molar-refractivity contribution is 9.09. The Labute approximate surface area is 142 Å². The lowest BCUT2D eigenvalue weighted by molar-refractivity contribution is -0.116. The number of rotatable bonds is 8. The topological polar surface area (TPSA) is 59.1 Å². The smallest absolute Gasteiger partial charge is 0.225 e. The molecule has 0 saturated carbocycles. The minimum atomic E-state index is -0.113. The van der Waals surface area contributed by atoms with E-state index in [1.54, 1.807) is 24.4 Å². The molecular weight excluding hydrogens is 364 g/mol. The molecule has 0 atom stereocenters. The molecule has 0 aliphatic heterocycles. The van der Waals surface area contributed by atoms with Crippen molar-refractivity contribution < 1.29 is 9.59 Å². The standard InChI is InChI=1S/C16H17BrN2O2S/c17-9-3-1-2-8-14(20)19-16-12(6-4-10-18-16)15(21)13-7-5-11-22-13/h4-7,10-11H,1-3,8-9H2,(H,18,19,20). The third kappa shape index (κ3) is 4.74. The molecule has 116 valence electrons. The van der Waals surface area contributed by atoms with Crippen molar-refractivity contribution >= 4 is 44.8 Å². The predicted molar refractivity (Wildman–Crippen MR) is 92.9 cm³/mol. The van der Waals surface area contributed by atoms with Crippen LogP contribution in [0.4, 0.5) is 5.82 Å². The highest BCUT2D eigenvalue weighted by atomic mass is 79.9. The predicted octanol–water partition coefficient (Wildman–Crippen LogP) is 4.27. The normalized spacial score (nSPS) is 10.4. The summed E-state index contributed by atoms with van der Waals surface area (Å²) in [4.78, 5) is 29.2. The van der Waals surface area contributed by atoms with Crippen molar-refractivity contribution in [2.24, 2.45) is 0 Å². The molecule has 0 fully saturated rings. The van der Waals surface area contributed by atoms with Crippen LogP contribution in [0.2, 0.25) is 0 Å². The highest BCUT2D eigenvalue weighted by Gasteiger charge is 2.16. The Morgan fingerprint density at radius 3 is 2.77 bits per heavy atom. The summed E-state index contributed by atoms with van der Waals surface area (Å²) in [6.07, 6.45) is 4.90. The maximum Gasteiger partial charge on any atom is 0.225 e. The van der Waals surface area contributed by atoms with Gasteiger partial charge in [-0.2, -0.15) is 0 Å². The van der Waals surface area contributed by atoms with E-state index in [0.717, 1.165) is 24.6 Å². The van der Waals surface area contributed by atoms with Gasteiger partial charge in [0.15, 0.2) is 0 Å². The van der Waals surface area contributed by atoms with E-state index in [2.05, 4.69) is 26.2 Å². The number of nitrogens with zero attached hydrogens (tertiary/aromatic N) is 1. The molecule has 0 unspecified atom stereocenters. The molecule has 6 heteroatoms. The van der Waals surface area contributed by atoms with Crippen molar-refractivity contribution in [3.8, 4) is 0 Å². The van der Waals surface area contributed by atoms with Crippen molar-refractivity contribution in [1.29, 1.82) is 0 Å². The van der Waals surface area contributed by atoms with Crippen molar-refractivity contribution in [3.05, 3.63) is 46.3 Å². The zero-order chi connectivity index (χ0) is 15.8. The molecule has 22 heavy (non-hydrogen) atoms. The van der Waals surface area contributed by atoms with Crippen LogP contribution in [0, 0.1) is 0 Å². The van der Waals surface area contributed by atoms with Gasteiger partial charge in [-0.25, -0.2) is 4.98 Å². The maximum absolute atomic E-state index is 12.4. The molecule has 2 aromatic rings. The molecule has 4 nitrogen and oxygen atoms in total. The van der Waals surface area contributed by atoms with E-state index in [4.69, 9.17) is 0 Å². The molecule has 0 radical (unpaired) electrons. The number of aromatic nitrogens is 1. The van der Waals surface area contributed by atoms with E-state index in [-0.39, 0.29) is 11.7 Å². The number of thiophene rings is 1. The van der Waals surface area contributed by atoms with E-state index in [1.807, 2.05) is 11.4 Å². The van der Waals surface area contributed by atoms with Crippen LogP contribution in [-0.2, 0) is 4.79 Å². The van der Waals surface area contributed by atoms with E-state index in [1.165, 1.54) is 11.3 Å². The third-order valence-corrected chi connectivity index (χ3v) is 4.52. The number of hydrogen-bond donors (Lipinski definition) is 1. The molecule has 0 saturated heterocycles. The number of carbonyl (C=O) groups is 2. The number of anilines is 1. The summed E-state index contributed by atoms with van der Waals surface area (Å²) in [5, 5.41) is 5.56. The number of alkyl halides is 1. The molecule has 0 bridgehead atoms. The Kier molecular flexibility index (Phi) is 6.74. The number of hydrogen-bond acceptors (Lipinski definition) is 4. The van der Waals surface area contributed by atoms with Gasteiger partial charge in [0.1, 0.15) is 5.82 Å². The van der Waals surface area contributed by atoms with E-state index >= 15 is 0 Å². The number of ketones is 1. The maximum atomic E-state index is 12.4. The van der Waals surface area contributed by atoms with Crippen molar-refractivity contribution in [3.63, 3.8) is 0 Å². The molecule has 2 heterocycles. The van der Waals surface area contributed by atoms with Crippen molar-refractivity contribution in [2.75, 3.05) is 10.6 Å².